The lowest BCUT2D eigenvalue weighted by atomic mass is 10.0. The predicted molar refractivity (Wildman–Crippen MR) is 109 cm³/mol. The molecule has 1 aliphatic heterocycles. The molecule has 2 heterocycles. The van der Waals surface area contributed by atoms with Crippen molar-refractivity contribution >= 4 is 38.3 Å². The van der Waals surface area contributed by atoms with Gasteiger partial charge in [-0.05, 0) is 55.2 Å². The third kappa shape index (κ3) is 2.99. The number of hydrogen-bond donors (Lipinski definition) is 1. The number of hydrogen-bond acceptors (Lipinski definition) is 6. The van der Waals surface area contributed by atoms with E-state index in [1.165, 1.54) is 12.1 Å². The second kappa shape index (κ2) is 6.48. The Labute approximate surface area is 171 Å². The normalized spacial score (nSPS) is 15.9. The van der Waals surface area contributed by atoms with Gasteiger partial charge in [-0.2, -0.15) is 0 Å². The highest BCUT2D eigenvalue weighted by Crippen LogP contribution is 2.41. The summed E-state index contributed by atoms with van der Waals surface area (Å²) in [6, 6.07) is 8.04. The molecule has 0 bridgehead atoms. The molecule has 0 amide bonds. The van der Waals surface area contributed by atoms with Gasteiger partial charge in [-0.3, -0.25) is 0 Å². The standard InChI is InChI=1S/C20H17ClN2O5S/c21-17-8-15-13-2-1-3-14(13)20(24)28-18(15)16-9-23(10-27-19(16)17)11-4-6-12(7-5-11)29(22,25)26/h4-8H,1-3,9-10H2,(H2,22,25,26). The van der Waals surface area contributed by atoms with Crippen LogP contribution in [0.15, 0.2) is 44.4 Å². The molecule has 0 fully saturated rings. The van der Waals surface area contributed by atoms with Crippen LogP contribution in [0.25, 0.3) is 11.0 Å². The van der Waals surface area contributed by atoms with Crippen molar-refractivity contribution in [2.45, 2.75) is 30.7 Å². The lowest BCUT2D eigenvalue weighted by Crippen LogP contribution is -2.32. The van der Waals surface area contributed by atoms with E-state index in [-0.39, 0.29) is 17.3 Å². The largest absolute Gasteiger partial charge is 0.471 e. The van der Waals surface area contributed by atoms with Gasteiger partial charge in [0.15, 0.2) is 6.73 Å². The number of benzene rings is 2. The molecule has 1 aromatic heterocycles. The molecule has 0 saturated heterocycles. The molecule has 150 valence electrons. The third-order valence-electron chi connectivity index (χ3n) is 5.51. The van der Waals surface area contributed by atoms with Crippen LogP contribution < -0.4 is 20.4 Å². The first-order valence-corrected chi connectivity index (χ1v) is 11.1. The Morgan fingerprint density at radius 2 is 1.79 bits per heavy atom. The molecule has 5 rings (SSSR count). The maximum Gasteiger partial charge on any atom is 0.339 e. The van der Waals surface area contributed by atoms with E-state index < -0.39 is 10.0 Å². The van der Waals surface area contributed by atoms with E-state index in [1.807, 2.05) is 11.0 Å². The Bertz CT molecular complexity index is 1320. The predicted octanol–water partition coefficient (Wildman–Crippen LogP) is 2.94. The molecule has 3 aromatic rings. The van der Waals surface area contributed by atoms with Gasteiger partial charge in [-0.15, -0.1) is 0 Å². The summed E-state index contributed by atoms with van der Waals surface area (Å²) >= 11 is 6.48. The van der Waals surface area contributed by atoms with E-state index in [9.17, 15) is 13.2 Å². The van der Waals surface area contributed by atoms with Crippen LogP contribution in [0.3, 0.4) is 0 Å². The number of aryl methyl sites for hydroxylation is 1. The molecule has 9 heteroatoms. The minimum absolute atomic E-state index is 0.0367. The van der Waals surface area contributed by atoms with Crippen molar-refractivity contribution in [3.8, 4) is 5.75 Å². The van der Waals surface area contributed by atoms with Crippen molar-refractivity contribution < 1.29 is 17.6 Å². The Kier molecular flexibility index (Phi) is 4.13. The fourth-order valence-electron chi connectivity index (χ4n) is 4.12. The summed E-state index contributed by atoms with van der Waals surface area (Å²) in [4.78, 5) is 14.4. The summed E-state index contributed by atoms with van der Waals surface area (Å²) in [5.74, 6) is 0.512. The average molecular weight is 433 g/mol. The molecular formula is C20H17ClN2O5S. The maximum atomic E-state index is 12.5. The fraction of sp³-hybridized carbons (Fsp3) is 0.250. The highest BCUT2D eigenvalue weighted by Gasteiger charge is 2.28. The summed E-state index contributed by atoms with van der Waals surface area (Å²) in [6.07, 6.45) is 2.47. The van der Waals surface area contributed by atoms with Gasteiger partial charge in [0.2, 0.25) is 10.0 Å². The van der Waals surface area contributed by atoms with Gasteiger partial charge in [0.1, 0.15) is 11.3 Å². The zero-order valence-corrected chi connectivity index (χ0v) is 16.8. The van der Waals surface area contributed by atoms with E-state index in [2.05, 4.69) is 0 Å². The third-order valence-corrected chi connectivity index (χ3v) is 6.72. The highest BCUT2D eigenvalue weighted by atomic mass is 35.5. The first-order valence-electron chi connectivity index (χ1n) is 9.13. The maximum absolute atomic E-state index is 12.5. The molecule has 29 heavy (non-hydrogen) atoms. The number of nitrogens with two attached hydrogens (primary N) is 1. The fourth-order valence-corrected chi connectivity index (χ4v) is 4.91. The monoisotopic (exact) mass is 432 g/mol. The lowest BCUT2D eigenvalue weighted by Gasteiger charge is -2.31. The minimum atomic E-state index is -3.76. The molecule has 2 aromatic carbocycles. The van der Waals surface area contributed by atoms with Gasteiger partial charge >= 0.3 is 5.63 Å². The number of primary sulfonamides is 1. The quantitative estimate of drug-likeness (QED) is 0.624. The topological polar surface area (TPSA) is 103 Å². The van der Waals surface area contributed by atoms with Crippen LogP contribution in [0.2, 0.25) is 5.02 Å². The summed E-state index contributed by atoms with van der Waals surface area (Å²) in [7, 11) is -3.76. The molecule has 2 aliphatic rings. The lowest BCUT2D eigenvalue weighted by molar-refractivity contribution is 0.289. The van der Waals surface area contributed by atoms with E-state index in [1.54, 1.807) is 12.1 Å². The smallest absolute Gasteiger partial charge is 0.339 e. The van der Waals surface area contributed by atoms with Crippen LogP contribution in [-0.2, 0) is 29.4 Å². The van der Waals surface area contributed by atoms with E-state index in [0.29, 0.717) is 28.5 Å². The Morgan fingerprint density at radius 3 is 2.52 bits per heavy atom. The number of rotatable bonds is 2. The SMILES string of the molecule is NS(=O)(=O)c1ccc(N2COc3c(Cl)cc4c5c(c(=O)oc4c3C2)CCC5)cc1. The van der Waals surface area contributed by atoms with E-state index in [4.69, 9.17) is 25.9 Å². The summed E-state index contributed by atoms with van der Waals surface area (Å²) in [6.45, 7) is 0.630. The van der Waals surface area contributed by atoms with Crippen molar-refractivity contribution in [2.24, 2.45) is 5.14 Å². The second-order valence-electron chi connectivity index (χ2n) is 7.25. The van der Waals surface area contributed by atoms with Gasteiger partial charge in [-0.1, -0.05) is 11.6 Å². The van der Waals surface area contributed by atoms with Crippen LogP contribution in [0, 0.1) is 0 Å². The number of sulfonamides is 1. The Balaban J connectivity index is 1.61. The molecule has 7 nitrogen and oxygen atoms in total. The van der Waals surface area contributed by atoms with Crippen molar-refractivity contribution in [1.29, 1.82) is 0 Å². The summed E-state index contributed by atoms with van der Waals surface area (Å²) in [5.41, 5.74) is 3.40. The molecule has 0 radical (unpaired) electrons. The molecule has 0 spiro atoms. The van der Waals surface area contributed by atoms with Gasteiger partial charge in [-0.25, -0.2) is 18.4 Å². The average Bonchev–Trinajstić information content (AvgIpc) is 3.19. The van der Waals surface area contributed by atoms with E-state index in [0.717, 1.165) is 41.5 Å². The number of anilines is 1. The molecular weight excluding hydrogens is 416 g/mol. The van der Waals surface area contributed by atoms with Gasteiger partial charge in [0.25, 0.3) is 0 Å². The first kappa shape index (κ1) is 18.5. The van der Waals surface area contributed by atoms with Gasteiger partial charge in [0, 0.05) is 16.6 Å². The first-order chi connectivity index (χ1) is 13.8. The number of nitrogens with zero attached hydrogens (tertiary/aromatic N) is 1. The van der Waals surface area contributed by atoms with Crippen LogP contribution in [0.1, 0.15) is 23.1 Å². The van der Waals surface area contributed by atoms with E-state index >= 15 is 0 Å². The Hall–Kier alpha value is -2.55. The highest BCUT2D eigenvalue weighted by molar-refractivity contribution is 7.89. The molecule has 2 N–H and O–H groups in total. The van der Waals surface area contributed by atoms with Crippen LogP contribution in [-0.4, -0.2) is 15.1 Å². The summed E-state index contributed by atoms with van der Waals surface area (Å²) < 4.78 is 34.5. The van der Waals surface area contributed by atoms with Gasteiger partial charge in [0.05, 0.1) is 22.0 Å². The van der Waals surface area contributed by atoms with Crippen molar-refractivity contribution in [1.82, 2.24) is 0 Å². The molecule has 0 saturated carbocycles. The van der Waals surface area contributed by atoms with Crippen LogP contribution in [0.4, 0.5) is 5.69 Å². The number of halogens is 1. The second-order valence-corrected chi connectivity index (χ2v) is 9.22. The van der Waals surface area contributed by atoms with Crippen molar-refractivity contribution in [3.63, 3.8) is 0 Å². The van der Waals surface area contributed by atoms with Crippen LogP contribution in [0.5, 0.6) is 5.75 Å². The van der Waals surface area contributed by atoms with Gasteiger partial charge < -0.3 is 14.1 Å². The summed E-state index contributed by atoms with van der Waals surface area (Å²) in [5, 5.41) is 6.51. The number of ether oxygens (including phenoxy) is 1. The molecule has 0 atom stereocenters. The minimum Gasteiger partial charge on any atom is -0.471 e. The zero-order valence-electron chi connectivity index (χ0n) is 15.3. The number of fused-ring (bicyclic) bond motifs is 5. The zero-order chi connectivity index (χ0) is 20.3. The molecule has 1 aliphatic carbocycles. The Morgan fingerprint density at radius 1 is 1.07 bits per heavy atom. The van der Waals surface area contributed by atoms with Crippen molar-refractivity contribution in [3.05, 3.63) is 62.5 Å². The van der Waals surface area contributed by atoms with Crippen LogP contribution >= 0.6 is 11.6 Å². The molecule has 0 unspecified atom stereocenters. The van der Waals surface area contributed by atoms with Crippen molar-refractivity contribution in [2.75, 3.05) is 11.6 Å².